The molecule has 0 saturated carbocycles. The average Bonchev–Trinajstić information content (AvgIpc) is 2.04. The lowest BCUT2D eigenvalue weighted by molar-refractivity contribution is -0.140. The zero-order valence-electron chi connectivity index (χ0n) is 7.45. The van der Waals surface area contributed by atoms with Crippen LogP contribution in [0.1, 0.15) is 6.92 Å². The van der Waals surface area contributed by atoms with Gasteiger partial charge < -0.3 is 15.7 Å². The molecular formula is C7H11ClFN3O2. The van der Waals surface area contributed by atoms with E-state index >= 15 is 0 Å². The van der Waals surface area contributed by atoms with Crippen molar-refractivity contribution in [3.05, 3.63) is 11.9 Å². The van der Waals surface area contributed by atoms with E-state index in [1.165, 1.54) is 6.21 Å². The highest BCUT2D eigenvalue weighted by Crippen LogP contribution is 2.16. The lowest BCUT2D eigenvalue weighted by atomic mass is 10.4. The van der Waals surface area contributed by atoms with E-state index in [4.69, 9.17) is 16.7 Å². The zero-order valence-corrected chi connectivity index (χ0v) is 8.21. The Morgan fingerprint density at radius 3 is 3.00 bits per heavy atom. The van der Waals surface area contributed by atoms with Crippen LogP contribution in [0, 0.1) is 0 Å². The Labute approximate surface area is 85.2 Å². The topological polar surface area (TPSA) is 73.7 Å². The largest absolute Gasteiger partial charge is 0.477 e. The first-order valence-corrected chi connectivity index (χ1v) is 4.16. The molecule has 1 rings (SSSR count). The molecule has 0 aromatic rings. The molecule has 1 atom stereocenters. The Morgan fingerprint density at radius 2 is 2.50 bits per heavy atom. The first kappa shape index (κ1) is 12.7. The van der Waals surface area contributed by atoms with Crippen molar-refractivity contribution >= 4 is 23.8 Å². The summed E-state index contributed by atoms with van der Waals surface area (Å²) >= 11 is 5.65. The minimum absolute atomic E-state index is 0. The minimum Gasteiger partial charge on any atom is -0.477 e. The van der Waals surface area contributed by atoms with Crippen LogP contribution in [-0.4, -0.2) is 29.0 Å². The number of rotatable bonds is 3. The number of hydrogen-bond acceptors (Lipinski definition) is 4. The molecule has 1 aliphatic heterocycles. The van der Waals surface area contributed by atoms with Crippen molar-refractivity contribution in [3.8, 4) is 0 Å². The summed E-state index contributed by atoms with van der Waals surface area (Å²) in [6.07, 6.45) is 2.97. The van der Waals surface area contributed by atoms with Gasteiger partial charge in [-0.25, -0.2) is 9.79 Å². The van der Waals surface area contributed by atoms with E-state index in [1.54, 1.807) is 6.08 Å². The molecule has 1 unspecified atom stereocenters. The second-order valence-electron chi connectivity index (χ2n) is 2.44. The Kier molecular flexibility index (Phi) is 4.36. The van der Waals surface area contributed by atoms with E-state index < -0.39 is 11.1 Å². The van der Waals surface area contributed by atoms with Crippen LogP contribution in [0.15, 0.2) is 16.9 Å². The highest BCUT2D eigenvalue weighted by molar-refractivity contribution is 6.33. The fourth-order valence-corrected chi connectivity index (χ4v) is 1.03. The third kappa shape index (κ3) is 2.59. The van der Waals surface area contributed by atoms with Crippen molar-refractivity contribution in [1.29, 1.82) is 0 Å². The summed E-state index contributed by atoms with van der Waals surface area (Å²) in [6, 6.07) is 0. The Hall–Kier alpha value is -1.30. The molecule has 1 heterocycles. The van der Waals surface area contributed by atoms with Crippen LogP contribution in [0.3, 0.4) is 0 Å². The van der Waals surface area contributed by atoms with E-state index in [1.807, 2.05) is 6.92 Å². The van der Waals surface area contributed by atoms with Crippen LogP contribution in [0.2, 0.25) is 0 Å². The molecule has 0 aromatic carbocycles. The normalized spacial score (nSPS) is 24.3. The van der Waals surface area contributed by atoms with E-state index in [-0.39, 0.29) is 4.70 Å². The summed E-state index contributed by atoms with van der Waals surface area (Å²) in [5.74, 6) is -0.677. The Balaban J connectivity index is 0.00000169. The van der Waals surface area contributed by atoms with E-state index in [2.05, 4.69) is 15.6 Å². The van der Waals surface area contributed by atoms with E-state index in [9.17, 15) is 4.79 Å². The van der Waals surface area contributed by atoms with Crippen LogP contribution < -0.4 is 10.6 Å². The number of alkyl halides is 1. The zero-order chi connectivity index (χ0) is 9.90. The van der Waals surface area contributed by atoms with Crippen molar-refractivity contribution in [2.45, 2.75) is 12.0 Å². The lowest BCUT2D eigenvalue weighted by Crippen LogP contribution is -2.49. The molecule has 0 radical (unpaired) electrons. The number of carbonyl (C=O) groups is 1. The van der Waals surface area contributed by atoms with Crippen molar-refractivity contribution in [2.75, 3.05) is 6.54 Å². The lowest BCUT2D eigenvalue weighted by Gasteiger charge is -2.25. The maximum atomic E-state index is 10.7. The molecule has 0 spiro atoms. The molecule has 0 aliphatic carbocycles. The summed E-state index contributed by atoms with van der Waals surface area (Å²) in [6.45, 7) is 2.57. The highest BCUT2D eigenvalue weighted by atomic mass is 35.5. The number of nitrogens with zero attached hydrogens (tertiary/aromatic N) is 1. The monoisotopic (exact) mass is 223 g/mol. The van der Waals surface area contributed by atoms with Gasteiger partial charge in [0.15, 0.2) is 0 Å². The van der Waals surface area contributed by atoms with E-state index in [0.29, 0.717) is 12.4 Å². The van der Waals surface area contributed by atoms with Crippen molar-refractivity contribution in [1.82, 2.24) is 10.6 Å². The van der Waals surface area contributed by atoms with Crippen LogP contribution in [-0.2, 0) is 4.79 Å². The molecular weight excluding hydrogens is 213 g/mol. The van der Waals surface area contributed by atoms with Gasteiger partial charge in [0.05, 0.1) is 0 Å². The van der Waals surface area contributed by atoms with Gasteiger partial charge in [-0.05, 0) is 13.0 Å². The van der Waals surface area contributed by atoms with Gasteiger partial charge in [0.1, 0.15) is 5.82 Å². The first-order valence-electron chi connectivity index (χ1n) is 3.78. The quantitative estimate of drug-likeness (QED) is 0.473. The number of halogens is 2. The molecule has 14 heavy (non-hydrogen) atoms. The fraction of sp³-hybridized carbons (Fsp3) is 0.429. The molecule has 0 saturated heterocycles. The predicted molar refractivity (Wildman–Crippen MR) is 52.1 cm³/mol. The van der Waals surface area contributed by atoms with Crippen LogP contribution in [0.5, 0.6) is 0 Å². The molecule has 0 amide bonds. The van der Waals surface area contributed by atoms with Gasteiger partial charge in [0, 0.05) is 12.8 Å². The minimum atomic E-state index is -1.77. The second-order valence-corrected chi connectivity index (χ2v) is 2.99. The number of nitrogens with one attached hydrogen (secondary N) is 2. The molecule has 5 nitrogen and oxygen atoms in total. The molecule has 80 valence electrons. The van der Waals surface area contributed by atoms with Gasteiger partial charge >= 0.3 is 11.1 Å². The van der Waals surface area contributed by atoms with Crippen molar-refractivity contribution < 1.29 is 14.6 Å². The van der Waals surface area contributed by atoms with Crippen molar-refractivity contribution in [2.24, 2.45) is 4.99 Å². The fourth-order valence-electron chi connectivity index (χ4n) is 0.869. The van der Waals surface area contributed by atoms with Gasteiger partial charge in [-0.1, -0.05) is 11.6 Å². The summed E-state index contributed by atoms with van der Waals surface area (Å²) in [7, 11) is 0. The second kappa shape index (κ2) is 4.80. The van der Waals surface area contributed by atoms with Gasteiger partial charge in [-0.2, -0.15) is 0 Å². The first-order chi connectivity index (χ1) is 6.08. The third-order valence-corrected chi connectivity index (χ3v) is 1.80. The Bertz CT molecular complexity index is 282. The number of hydrogen-bond donors (Lipinski definition) is 3. The van der Waals surface area contributed by atoms with E-state index in [0.717, 1.165) is 0 Å². The van der Waals surface area contributed by atoms with Crippen molar-refractivity contribution in [3.63, 3.8) is 0 Å². The van der Waals surface area contributed by atoms with Gasteiger partial charge in [0.25, 0.3) is 0 Å². The highest BCUT2D eigenvalue weighted by Gasteiger charge is 2.37. The predicted octanol–water partition coefficient (Wildman–Crippen LogP) is 0.241. The third-order valence-electron chi connectivity index (χ3n) is 1.44. The molecule has 0 aromatic heterocycles. The SMILES string of the molecule is CCNC1=CC=NC(Cl)(C(=O)O)N1.F. The molecule has 3 N–H and O–H groups in total. The summed E-state index contributed by atoms with van der Waals surface area (Å²) in [5, 5.41) is 12.4. The molecule has 1 aliphatic rings. The smallest absolute Gasteiger partial charge is 0.369 e. The number of carboxylic acid groups (broad SMARTS) is 1. The Morgan fingerprint density at radius 1 is 1.86 bits per heavy atom. The maximum Gasteiger partial charge on any atom is 0.369 e. The van der Waals surface area contributed by atoms with Crippen LogP contribution in [0.25, 0.3) is 0 Å². The number of aliphatic carboxylic acids is 1. The number of aliphatic imine (C=N–C) groups is 1. The van der Waals surface area contributed by atoms with Gasteiger partial charge in [0.2, 0.25) is 0 Å². The van der Waals surface area contributed by atoms with Crippen LogP contribution >= 0.6 is 11.6 Å². The standard InChI is InChI=1S/C7H10ClN3O2.FH/c1-2-9-5-3-4-10-7(8,11-5)6(12)13;/h3-4,9,11H,2H2,1H3,(H,12,13);1H. The number of allylic oxidation sites excluding steroid dienone is 1. The van der Waals surface area contributed by atoms with Crippen LogP contribution in [0.4, 0.5) is 4.70 Å². The maximum absolute atomic E-state index is 10.7. The summed E-state index contributed by atoms with van der Waals surface area (Å²) in [4.78, 5) is 14.3. The van der Waals surface area contributed by atoms with Gasteiger partial charge in [-0.3, -0.25) is 4.70 Å². The summed E-state index contributed by atoms with van der Waals surface area (Å²) in [5.41, 5.74) is 0. The average molecular weight is 224 g/mol. The summed E-state index contributed by atoms with van der Waals surface area (Å²) < 4.78 is 0. The van der Waals surface area contributed by atoms with Gasteiger partial charge in [-0.15, -0.1) is 0 Å². The molecule has 7 heteroatoms. The molecule has 0 fully saturated rings. The number of carboxylic acids is 1. The molecule has 0 bridgehead atoms.